The molecule has 1 saturated heterocycles. The molecule has 1 N–H and O–H groups in total. The van der Waals surface area contributed by atoms with E-state index >= 15 is 0 Å². The Hall–Kier alpha value is -1.41. The van der Waals surface area contributed by atoms with Gasteiger partial charge in [-0.05, 0) is 43.5 Å². The summed E-state index contributed by atoms with van der Waals surface area (Å²) in [7, 11) is 0. The molecular weight excluding hydrogens is 220 g/mol. The summed E-state index contributed by atoms with van der Waals surface area (Å²) in [6.07, 6.45) is 6.82. The van der Waals surface area contributed by atoms with Crippen LogP contribution in [0.3, 0.4) is 0 Å². The van der Waals surface area contributed by atoms with Crippen LogP contribution < -0.4 is 5.32 Å². The Labute approximate surface area is 108 Å². The van der Waals surface area contributed by atoms with Crippen molar-refractivity contribution >= 4 is 10.9 Å². The Morgan fingerprint density at radius 2 is 2.22 bits per heavy atom. The van der Waals surface area contributed by atoms with Crippen LogP contribution in [0.15, 0.2) is 36.5 Å². The summed E-state index contributed by atoms with van der Waals surface area (Å²) in [6.45, 7) is 3.40. The standard InChI is InChI=1S/C16H20N2/c1-2-9-16(10-5-12-18-16)14-7-3-8-15-13(14)6-4-11-17-15/h3-4,6-8,11,18H,2,5,9-10,12H2,1H3. The molecule has 1 fully saturated rings. The molecule has 0 amide bonds. The van der Waals surface area contributed by atoms with Crippen molar-refractivity contribution in [2.45, 2.75) is 38.1 Å². The summed E-state index contributed by atoms with van der Waals surface area (Å²) in [5.41, 5.74) is 2.73. The third-order valence-corrected chi connectivity index (χ3v) is 4.08. The van der Waals surface area contributed by atoms with Gasteiger partial charge in [-0.1, -0.05) is 31.5 Å². The fourth-order valence-electron chi connectivity index (χ4n) is 3.33. The van der Waals surface area contributed by atoms with Crippen LogP contribution in [0.4, 0.5) is 0 Å². The molecule has 1 atom stereocenters. The van der Waals surface area contributed by atoms with Gasteiger partial charge in [-0.25, -0.2) is 0 Å². The Morgan fingerprint density at radius 3 is 3.00 bits per heavy atom. The van der Waals surface area contributed by atoms with Crippen LogP contribution in [0.25, 0.3) is 10.9 Å². The molecule has 0 aliphatic carbocycles. The van der Waals surface area contributed by atoms with E-state index < -0.39 is 0 Å². The van der Waals surface area contributed by atoms with Crippen LogP contribution in [0.1, 0.15) is 38.2 Å². The van der Waals surface area contributed by atoms with Gasteiger partial charge in [-0.15, -0.1) is 0 Å². The molecule has 1 aliphatic heterocycles. The molecule has 2 heteroatoms. The molecule has 94 valence electrons. The molecule has 0 radical (unpaired) electrons. The third kappa shape index (κ3) is 1.81. The topological polar surface area (TPSA) is 24.9 Å². The number of pyridine rings is 1. The van der Waals surface area contributed by atoms with Crippen LogP contribution >= 0.6 is 0 Å². The van der Waals surface area contributed by atoms with E-state index in [-0.39, 0.29) is 5.54 Å². The van der Waals surface area contributed by atoms with Crippen molar-refractivity contribution < 1.29 is 0 Å². The number of fused-ring (bicyclic) bond motifs is 1. The zero-order valence-corrected chi connectivity index (χ0v) is 10.9. The average molecular weight is 240 g/mol. The van der Waals surface area contributed by atoms with E-state index in [1.165, 1.54) is 36.6 Å². The Morgan fingerprint density at radius 1 is 1.28 bits per heavy atom. The van der Waals surface area contributed by atoms with Gasteiger partial charge in [-0.3, -0.25) is 4.98 Å². The fraction of sp³-hybridized carbons (Fsp3) is 0.438. The van der Waals surface area contributed by atoms with Gasteiger partial charge >= 0.3 is 0 Å². The van der Waals surface area contributed by atoms with Gasteiger partial charge in [0, 0.05) is 17.1 Å². The van der Waals surface area contributed by atoms with Crippen molar-refractivity contribution in [1.29, 1.82) is 0 Å². The first kappa shape index (κ1) is 11.7. The zero-order chi connectivity index (χ0) is 12.4. The third-order valence-electron chi connectivity index (χ3n) is 4.08. The predicted octanol–water partition coefficient (Wildman–Crippen LogP) is 3.61. The number of nitrogens with zero attached hydrogens (tertiary/aromatic N) is 1. The smallest absolute Gasteiger partial charge is 0.0705 e. The van der Waals surface area contributed by atoms with E-state index in [1.807, 2.05) is 12.3 Å². The summed E-state index contributed by atoms with van der Waals surface area (Å²) in [5.74, 6) is 0. The quantitative estimate of drug-likeness (QED) is 0.886. The summed E-state index contributed by atoms with van der Waals surface area (Å²) in [5, 5.41) is 5.06. The lowest BCUT2D eigenvalue weighted by atomic mass is 9.82. The van der Waals surface area contributed by atoms with Crippen molar-refractivity contribution in [3.63, 3.8) is 0 Å². The van der Waals surface area contributed by atoms with Crippen LogP contribution in [0, 0.1) is 0 Å². The van der Waals surface area contributed by atoms with E-state index in [2.05, 4.69) is 41.5 Å². The van der Waals surface area contributed by atoms with Crippen LogP contribution in [-0.4, -0.2) is 11.5 Å². The first-order valence-corrected chi connectivity index (χ1v) is 6.95. The maximum absolute atomic E-state index is 4.48. The Kier molecular flexibility index (Phi) is 3.04. The van der Waals surface area contributed by atoms with Gasteiger partial charge in [0.1, 0.15) is 0 Å². The van der Waals surface area contributed by atoms with Gasteiger partial charge in [0.15, 0.2) is 0 Å². The highest BCUT2D eigenvalue weighted by molar-refractivity contribution is 5.83. The monoisotopic (exact) mass is 240 g/mol. The lowest BCUT2D eigenvalue weighted by Crippen LogP contribution is -2.36. The number of aromatic nitrogens is 1. The number of hydrogen-bond donors (Lipinski definition) is 1. The predicted molar refractivity (Wildman–Crippen MR) is 75.6 cm³/mol. The maximum atomic E-state index is 4.48. The number of rotatable bonds is 3. The minimum Gasteiger partial charge on any atom is -0.307 e. The summed E-state index contributed by atoms with van der Waals surface area (Å²) < 4.78 is 0. The van der Waals surface area contributed by atoms with E-state index in [4.69, 9.17) is 0 Å². The highest BCUT2D eigenvalue weighted by atomic mass is 15.0. The fourth-order valence-corrected chi connectivity index (χ4v) is 3.33. The molecule has 1 aromatic heterocycles. The van der Waals surface area contributed by atoms with E-state index in [0.29, 0.717) is 0 Å². The molecule has 0 saturated carbocycles. The summed E-state index contributed by atoms with van der Waals surface area (Å²) >= 11 is 0. The highest BCUT2D eigenvalue weighted by Crippen LogP contribution is 2.38. The average Bonchev–Trinajstić information content (AvgIpc) is 2.88. The lowest BCUT2D eigenvalue weighted by Gasteiger charge is -2.31. The van der Waals surface area contributed by atoms with Crippen LogP contribution in [0.2, 0.25) is 0 Å². The molecule has 0 spiro atoms. The Bertz CT molecular complexity index is 536. The molecule has 1 aromatic carbocycles. The van der Waals surface area contributed by atoms with Gasteiger partial charge in [0.2, 0.25) is 0 Å². The SMILES string of the molecule is CCCC1(c2cccc3ncccc23)CCCN1. The van der Waals surface area contributed by atoms with Crippen LogP contribution in [-0.2, 0) is 5.54 Å². The summed E-state index contributed by atoms with van der Waals surface area (Å²) in [6, 6.07) is 10.8. The Balaban J connectivity index is 2.17. The minimum absolute atomic E-state index is 0.178. The minimum atomic E-state index is 0.178. The molecule has 18 heavy (non-hydrogen) atoms. The molecule has 1 aliphatic rings. The second kappa shape index (κ2) is 4.69. The second-order valence-electron chi connectivity index (χ2n) is 5.24. The number of hydrogen-bond acceptors (Lipinski definition) is 2. The zero-order valence-electron chi connectivity index (χ0n) is 10.9. The molecule has 2 heterocycles. The van der Waals surface area contributed by atoms with Crippen molar-refractivity contribution in [2.24, 2.45) is 0 Å². The molecule has 3 rings (SSSR count). The molecule has 2 nitrogen and oxygen atoms in total. The normalized spacial score (nSPS) is 23.6. The molecule has 0 bridgehead atoms. The van der Waals surface area contributed by atoms with Gasteiger partial charge in [-0.2, -0.15) is 0 Å². The highest BCUT2D eigenvalue weighted by Gasteiger charge is 2.35. The molecule has 1 unspecified atom stereocenters. The van der Waals surface area contributed by atoms with Crippen molar-refractivity contribution in [1.82, 2.24) is 10.3 Å². The van der Waals surface area contributed by atoms with Crippen LogP contribution in [0.5, 0.6) is 0 Å². The van der Waals surface area contributed by atoms with Crippen molar-refractivity contribution in [2.75, 3.05) is 6.54 Å². The van der Waals surface area contributed by atoms with Crippen molar-refractivity contribution in [3.05, 3.63) is 42.1 Å². The first-order chi connectivity index (χ1) is 8.86. The van der Waals surface area contributed by atoms with Gasteiger partial charge < -0.3 is 5.32 Å². The summed E-state index contributed by atoms with van der Waals surface area (Å²) in [4.78, 5) is 4.48. The molecule has 2 aromatic rings. The largest absolute Gasteiger partial charge is 0.307 e. The number of benzene rings is 1. The maximum Gasteiger partial charge on any atom is 0.0705 e. The van der Waals surface area contributed by atoms with E-state index in [9.17, 15) is 0 Å². The number of nitrogens with one attached hydrogen (secondary N) is 1. The second-order valence-corrected chi connectivity index (χ2v) is 5.24. The molecular formula is C16H20N2. The van der Waals surface area contributed by atoms with Crippen molar-refractivity contribution in [3.8, 4) is 0 Å². The van der Waals surface area contributed by atoms with E-state index in [1.54, 1.807) is 0 Å². The first-order valence-electron chi connectivity index (χ1n) is 6.95. The van der Waals surface area contributed by atoms with Gasteiger partial charge in [0.25, 0.3) is 0 Å². The lowest BCUT2D eigenvalue weighted by molar-refractivity contribution is 0.359. The van der Waals surface area contributed by atoms with Gasteiger partial charge in [0.05, 0.1) is 5.52 Å². The van der Waals surface area contributed by atoms with E-state index in [0.717, 1.165) is 12.1 Å².